The Balaban J connectivity index is 1.99. The van der Waals surface area contributed by atoms with Gasteiger partial charge in [0.25, 0.3) is 0 Å². The molecule has 3 rings (SSSR count). The molecule has 1 heteroatoms. The van der Waals surface area contributed by atoms with E-state index >= 15 is 0 Å². The van der Waals surface area contributed by atoms with Crippen LogP contribution in [0.3, 0.4) is 0 Å². The van der Waals surface area contributed by atoms with Crippen LogP contribution >= 0.6 is 0 Å². The summed E-state index contributed by atoms with van der Waals surface area (Å²) in [5.74, 6) is 1.67. The highest BCUT2D eigenvalue weighted by Crippen LogP contribution is 2.38. The van der Waals surface area contributed by atoms with Crippen LogP contribution in [-0.2, 0) is 0 Å². The van der Waals surface area contributed by atoms with Crippen molar-refractivity contribution in [3.63, 3.8) is 0 Å². The zero-order valence-corrected chi connectivity index (χ0v) is 9.87. The Morgan fingerprint density at radius 1 is 1.19 bits per heavy atom. The summed E-state index contributed by atoms with van der Waals surface area (Å²) in [6, 6.07) is 8.67. The van der Waals surface area contributed by atoms with Crippen molar-refractivity contribution in [2.45, 2.75) is 38.5 Å². The maximum atomic E-state index is 3.40. The van der Waals surface area contributed by atoms with E-state index in [1.54, 1.807) is 5.56 Å². The minimum absolute atomic E-state index is 0.778. The van der Waals surface area contributed by atoms with Gasteiger partial charge < -0.3 is 4.98 Å². The van der Waals surface area contributed by atoms with Gasteiger partial charge in [0.1, 0.15) is 0 Å². The van der Waals surface area contributed by atoms with Crippen LogP contribution in [0.1, 0.15) is 44.1 Å². The third-order valence-corrected chi connectivity index (χ3v) is 4.00. The van der Waals surface area contributed by atoms with Gasteiger partial charge in [0.2, 0.25) is 0 Å². The number of nitrogens with one attached hydrogen (secondary N) is 1. The normalized spacial score (nSPS) is 26.1. The molecular formula is C15H19N. The van der Waals surface area contributed by atoms with Crippen molar-refractivity contribution in [2.75, 3.05) is 0 Å². The summed E-state index contributed by atoms with van der Waals surface area (Å²) in [5, 5.41) is 1.43. The van der Waals surface area contributed by atoms with E-state index in [0.29, 0.717) is 0 Å². The largest absolute Gasteiger partial charge is 0.361 e. The maximum absolute atomic E-state index is 3.40. The first-order valence-corrected chi connectivity index (χ1v) is 6.40. The number of benzene rings is 1. The lowest BCUT2D eigenvalue weighted by atomic mass is 9.79. The van der Waals surface area contributed by atoms with Crippen molar-refractivity contribution >= 4 is 10.9 Å². The summed E-state index contributed by atoms with van der Waals surface area (Å²) in [6.45, 7) is 2.39. The van der Waals surface area contributed by atoms with E-state index in [1.165, 1.54) is 36.6 Å². The standard InChI is InChI=1S/C15H19N/c1-11-5-4-6-12(9-11)14-10-16-15-8-3-2-7-13(14)15/h2-3,7-8,10-12,16H,4-6,9H2,1H3/t11-,12+/m1/s1. The highest BCUT2D eigenvalue weighted by atomic mass is 14.7. The van der Waals surface area contributed by atoms with Crippen LogP contribution in [-0.4, -0.2) is 4.98 Å². The molecule has 0 radical (unpaired) electrons. The summed E-state index contributed by atoms with van der Waals surface area (Å²) < 4.78 is 0. The molecular weight excluding hydrogens is 194 g/mol. The van der Waals surface area contributed by atoms with Crippen molar-refractivity contribution in [1.82, 2.24) is 4.98 Å². The smallest absolute Gasteiger partial charge is 0.0456 e. The second-order valence-corrected chi connectivity index (χ2v) is 5.26. The van der Waals surface area contributed by atoms with Crippen molar-refractivity contribution in [3.05, 3.63) is 36.0 Å². The van der Waals surface area contributed by atoms with E-state index < -0.39 is 0 Å². The summed E-state index contributed by atoms with van der Waals surface area (Å²) in [7, 11) is 0. The Kier molecular flexibility index (Phi) is 2.47. The van der Waals surface area contributed by atoms with Gasteiger partial charge in [-0.15, -0.1) is 0 Å². The molecule has 0 spiro atoms. The summed E-state index contributed by atoms with van der Waals surface area (Å²) in [5.41, 5.74) is 2.83. The van der Waals surface area contributed by atoms with Gasteiger partial charge in [-0.3, -0.25) is 0 Å². The van der Waals surface area contributed by atoms with Gasteiger partial charge in [0, 0.05) is 17.1 Å². The Hall–Kier alpha value is -1.24. The number of hydrogen-bond donors (Lipinski definition) is 1. The summed E-state index contributed by atoms with van der Waals surface area (Å²) in [6.07, 6.45) is 7.77. The topological polar surface area (TPSA) is 15.8 Å². The molecule has 0 unspecified atom stereocenters. The second-order valence-electron chi connectivity index (χ2n) is 5.26. The van der Waals surface area contributed by atoms with E-state index in [0.717, 1.165) is 11.8 Å². The average Bonchev–Trinajstić information content (AvgIpc) is 2.72. The highest BCUT2D eigenvalue weighted by Gasteiger charge is 2.22. The van der Waals surface area contributed by atoms with Crippen LogP contribution in [0.25, 0.3) is 10.9 Å². The Morgan fingerprint density at radius 2 is 2.06 bits per heavy atom. The maximum Gasteiger partial charge on any atom is 0.0456 e. The molecule has 1 saturated carbocycles. The molecule has 0 bridgehead atoms. The van der Waals surface area contributed by atoms with Gasteiger partial charge in [0.15, 0.2) is 0 Å². The summed E-state index contributed by atoms with van der Waals surface area (Å²) >= 11 is 0. The first kappa shape index (κ1) is 9.95. The zero-order chi connectivity index (χ0) is 11.0. The predicted molar refractivity (Wildman–Crippen MR) is 68.7 cm³/mol. The molecule has 2 aromatic rings. The molecule has 1 aliphatic carbocycles. The monoisotopic (exact) mass is 213 g/mol. The fourth-order valence-corrected chi connectivity index (χ4v) is 3.15. The van der Waals surface area contributed by atoms with Crippen LogP contribution < -0.4 is 0 Å². The minimum Gasteiger partial charge on any atom is -0.361 e. The quantitative estimate of drug-likeness (QED) is 0.719. The van der Waals surface area contributed by atoms with Gasteiger partial charge in [-0.2, -0.15) is 0 Å². The van der Waals surface area contributed by atoms with Crippen molar-refractivity contribution in [2.24, 2.45) is 5.92 Å². The number of aromatic amines is 1. The van der Waals surface area contributed by atoms with Crippen LogP contribution in [0.5, 0.6) is 0 Å². The number of aromatic nitrogens is 1. The lowest BCUT2D eigenvalue weighted by Crippen LogP contribution is -2.11. The van der Waals surface area contributed by atoms with Crippen LogP contribution in [0.4, 0.5) is 0 Å². The number of fused-ring (bicyclic) bond motifs is 1. The Labute approximate surface area is 96.9 Å². The van der Waals surface area contributed by atoms with Gasteiger partial charge in [-0.25, -0.2) is 0 Å². The van der Waals surface area contributed by atoms with Gasteiger partial charge in [-0.1, -0.05) is 38.0 Å². The fraction of sp³-hybridized carbons (Fsp3) is 0.467. The summed E-state index contributed by atoms with van der Waals surface area (Å²) in [4.78, 5) is 3.40. The van der Waals surface area contributed by atoms with Crippen LogP contribution in [0.15, 0.2) is 30.5 Å². The second kappa shape index (κ2) is 3.97. The molecule has 2 atom stereocenters. The first-order valence-electron chi connectivity index (χ1n) is 6.40. The number of H-pyrrole nitrogens is 1. The van der Waals surface area contributed by atoms with E-state index in [1.807, 2.05) is 0 Å². The third kappa shape index (κ3) is 1.64. The van der Waals surface area contributed by atoms with Gasteiger partial charge >= 0.3 is 0 Å². The third-order valence-electron chi connectivity index (χ3n) is 4.00. The number of rotatable bonds is 1. The SMILES string of the molecule is C[C@@H]1CCC[C@H](c2c[nH]c3ccccc23)C1. The minimum atomic E-state index is 0.778. The predicted octanol–water partition coefficient (Wildman–Crippen LogP) is 4.46. The van der Waals surface area contributed by atoms with Crippen molar-refractivity contribution < 1.29 is 0 Å². The molecule has 1 N–H and O–H groups in total. The fourth-order valence-electron chi connectivity index (χ4n) is 3.15. The van der Waals surface area contributed by atoms with Crippen LogP contribution in [0, 0.1) is 5.92 Å². The first-order chi connectivity index (χ1) is 7.84. The Morgan fingerprint density at radius 3 is 2.94 bits per heavy atom. The van der Waals surface area contributed by atoms with Crippen molar-refractivity contribution in [1.29, 1.82) is 0 Å². The lowest BCUT2D eigenvalue weighted by molar-refractivity contribution is 0.345. The van der Waals surface area contributed by atoms with E-state index in [2.05, 4.69) is 42.4 Å². The average molecular weight is 213 g/mol. The molecule has 0 aliphatic heterocycles. The van der Waals surface area contributed by atoms with E-state index in [9.17, 15) is 0 Å². The zero-order valence-electron chi connectivity index (χ0n) is 9.87. The van der Waals surface area contributed by atoms with Gasteiger partial charge in [-0.05, 0) is 36.3 Å². The Bertz CT molecular complexity index is 483. The molecule has 16 heavy (non-hydrogen) atoms. The lowest BCUT2D eigenvalue weighted by Gasteiger charge is -2.26. The molecule has 1 aromatic carbocycles. The van der Waals surface area contributed by atoms with Gasteiger partial charge in [0.05, 0.1) is 0 Å². The highest BCUT2D eigenvalue weighted by molar-refractivity contribution is 5.83. The van der Waals surface area contributed by atoms with E-state index in [4.69, 9.17) is 0 Å². The number of hydrogen-bond acceptors (Lipinski definition) is 0. The van der Waals surface area contributed by atoms with E-state index in [-0.39, 0.29) is 0 Å². The molecule has 0 saturated heterocycles. The molecule has 1 nitrogen and oxygen atoms in total. The molecule has 1 aromatic heterocycles. The molecule has 1 aliphatic rings. The molecule has 0 amide bonds. The molecule has 1 heterocycles. The van der Waals surface area contributed by atoms with Crippen LogP contribution in [0.2, 0.25) is 0 Å². The molecule has 1 fully saturated rings. The molecule has 84 valence electrons. The van der Waals surface area contributed by atoms with Crippen molar-refractivity contribution in [3.8, 4) is 0 Å². The number of para-hydroxylation sites is 1.